The van der Waals surface area contributed by atoms with Crippen molar-refractivity contribution in [2.75, 3.05) is 24.6 Å². The summed E-state index contributed by atoms with van der Waals surface area (Å²) >= 11 is 5.74. The number of hydrogen-bond acceptors (Lipinski definition) is 5. The van der Waals surface area contributed by atoms with Crippen LogP contribution in [0.3, 0.4) is 0 Å². The largest absolute Gasteiger partial charge is 0.476 e. The molecule has 2 aromatic rings. The Labute approximate surface area is 139 Å². The zero-order valence-corrected chi connectivity index (χ0v) is 13.6. The highest BCUT2D eigenvalue weighted by atomic mass is 35.5. The fourth-order valence-corrected chi connectivity index (χ4v) is 2.83. The van der Waals surface area contributed by atoms with Crippen LogP contribution >= 0.6 is 11.6 Å². The van der Waals surface area contributed by atoms with E-state index in [4.69, 9.17) is 16.3 Å². The van der Waals surface area contributed by atoms with E-state index in [-0.39, 0.29) is 5.82 Å². The van der Waals surface area contributed by atoms with Gasteiger partial charge in [-0.15, -0.1) is 0 Å². The van der Waals surface area contributed by atoms with Crippen molar-refractivity contribution >= 4 is 17.4 Å². The van der Waals surface area contributed by atoms with E-state index in [9.17, 15) is 4.39 Å². The highest BCUT2D eigenvalue weighted by Gasteiger charge is 2.23. The van der Waals surface area contributed by atoms with Gasteiger partial charge < -0.3 is 9.64 Å². The van der Waals surface area contributed by atoms with Crippen LogP contribution in [0.1, 0.15) is 18.5 Å². The molecule has 1 aliphatic heterocycles. The minimum absolute atomic E-state index is 0.314. The van der Waals surface area contributed by atoms with Crippen LogP contribution in [0.2, 0.25) is 5.02 Å². The number of pyridine rings is 1. The Kier molecular flexibility index (Phi) is 4.91. The number of nitrogens with zero attached hydrogens (tertiary/aromatic N) is 4. The molecule has 3 heterocycles. The summed E-state index contributed by atoms with van der Waals surface area (Å²) in [6, 6.07) is 1.30. The minimum atomic E-state index is -0.373. The van der Waals surface area contributed by atoms with Crippen LogP contribution in [-0.4, -0.2) is 34.6 Å². The predicted octanol–water partition coefficient (Wildman–Crippen LogP) is 3.27. The van der Waals surface area contributed by atoms with Crippen LogP contribution in [0.4, 0.5) is 10.2 Å². The Morgan fingerprint density at radius 2 is 2.00 bits per heavy atom. The number of piperidine rings is 1. The molecule has 1 saturated heterocycles. The third-order valence-electron chi connectivity index (χ3n) is 3.99. The Balaban J connectivity index is 1.53. The molecule has 1 aliphatic rings. The molecule has 0 aliphatic carbocycles. The van der Waals surface area contributed by atoms with E-state index in [0.29, 0.717) is 29.2 Å². The SMILES string of the molecule is Cc1nccnc1OCC1CCN(c2ncc(Cl)cc2F)CC1. The first-order valence-electron chi connectivity index (χ1n) is 7.60. The number of hydrogen-bond donors (Lipinski definition) is 0. The van der Waals surface area contributed by atoms with Crippen molar-refractivity contribution in [3.05, 3.63) is 41.2 Å². The van der Waals surface area contributed by atoms with Gasteiger partial charge in [-0.2, -0.15) is 0 Å². The Morgan fingerprint density at radius 1 is 1.26 bits per heavy atom. The maximum absolute atomic E-state index is 13.9. The van der Waals surface area contributed by atoms with E-state index in [2.05, 4.69) is 15.0 Å². The average molecular weight is 337 g/mol. The zero-order chi connectivity index (χ0) is 16.2. The zero-order valence-electron chi connectivity index (χ0n) is 12.9. The molecule has 0 radical (unpaired) electrons. The first-order valence-corrected chi connectivity index (χ1v) is 7.97. The van der Waals surface area contributed by atoms with E-state index in [1.807, 2.05) is 11.8 Å². The van der Waals surface area contributed by atoms with Gasteiger partial charge in [-0.3, -0.25) is 4.98 Å². The van der Waals surface area contributed by atoms with E-state index in [1.165, 1.54) is 12.3 Å². The fraction of sp³-hybridized carbons (Fsp3) is 0.438. The van der Waals surface area contributed by atoms with E-state index in [1.54, 1.807) is 12.4 Å². The number of aromatic nitrogens is 3. The second-order valence-electron chi connectivity index (χ2n) is 5.65. The van der Waals surface area contributed by atoms with Gasteiger partial charge in [0.25, 0.3) is 0 Å². The summed E-state index contributed by atoms with van der Waals surface area (Å²) in [6.45, 7) is 3.97. The van der Waals surface area contributed by atoms with Gasteiger partial charge >= 0.3 is 0 Å². The van der Waals surface area contributed by atoms with Gasteiger partial charge in [-0.1, -0.05) is 11.6 Å². The van der Waals surface area contributed by atoms with Crippen molar-refractivity contribution in [2.24, 2.45) is 5.92 Å². The van der Waals surface area contributed by atoms with Crippen LogP contribution in [0.5, 0.6) is 5.88 Å². The fourth-order valence-electron chi connectivity index (χ4n) is 2.68. The van der Waals surface area contributed by atoms with Gasteiger partial charge in [0.2, 0.25) is 5.88 Å². The van der Waals surface area contributed by atoms with Gasteiger partial charge in [-0.05, 0) is 31.7 Å². The van der Waals surface area contributed by atoms with Crippen LogP contribution in [0.25, 0.3) is 0 Å². The van der Waals surface area contributed by atoms with Crippen molar-refractivity contribution in [3.63, 3.8) is 0 Å². The Bertz CT molecular complexity index is 677. The molecule has 0 N–H and O–H groups in total. The van der Waals surface area contributed by atoms with Gasteiger partial charge in [0.1, 0.15) is 0 Å². The van der Waals surface area contributed by atoms with E-state index < -0.39 is 0 Å². The molecular formula is C16H18ClFN4O. The molecular weight excluding hydrogens is 319 g/mol. The van der Waals surface area contributed by atoms with Crippen molar-refractivity contribution < 1.29 is 9.13 Å². The molecule has 0 bridgehead atoms. The first kappa shape index (κ1) is 15.9. The molecule has 0 amide bonds. The molecule has 2 aromatic heterocycles. The Hall–Kier alpha value is -1.95. The molecule has 0 saturated carbocycles. The molecule has 1 fully saturated rings. The average Bonchev–Trinajstić information content (AvgIpc) is 2.55. The number of ether oxygens (including phenoxy) is 1. The second kappa shape index (κ2) is 7.08. The monoisotopic (exact) mass is 336 g/mol. The summed E-state index contributed by atoms with van der Waals surface area (Å²) in [5, 5.41) is 0.314. The number of rotatable bonds is 4. The first-order chi connectivity index (χ1) is 11.1. The molecule has 0 aromatic carbocycles. The van der Waals surface area contributed by atoms with Crippen molar-refractivity contribution in [3.8, 4) is 5.88 Å². The summed E-state index contributed by atoms with van der Waals surface area (Å²) in [5.41, 5.74) is 0.789. The molecule has 5 nitrogen and oxygen atoms in total. The molecule has 23 heavy (non-hydrogen) atoms. The van der Waals surface area contributed by atoms with E-state index in [0.717, 1.165) is 31.6 Å². The number of halogens is 2. The lowest BCUT2D eigenvalue weighted by Crippen LogP contribution is -2.36. The highest BCUT2D eigenvalue weighted by Crippen LogP contribution is 2.26. The third kappa shape index (κ3) is 3.88. The van der Waals surface area contributed by atoms with Crippen molar-refractivity contribution in [1.29, 1.82) is 0 Å². The summed E-state index contributed by atoms with van der Waals surface area (Å²) in [5.74, 6) is 1.00. The molecule has 122 valence electrons. The maximum Gasteiger partial charge on any atom is 0.235 e. The lowest BCUT2D eigenvalue weighted by Gasteiger charge is -2.32. The molecule has 7 heteroatoms. The number of anilines is 1. The van der Waals surface area contributed by atoms with Crippen molar-refractivity contribution in [2.45, 2.75) is 19.8 Å². The summed E-state index contributed by atoms with van der Waals surface area (Å²) in [6.07, 6.45) is 6.59. The number of aryl methyl sites for hydroxylation is 1. The standard InChI is InChI=1S/C16H18ClFN4O/c1-11-16(20-5-4-19-11)23-10-12-2-6-22(7-3-12)15-14(18)8-13(17)9-21-15/h4-5,8-9,12H,2-3,6-7,10H2,1H3. The third-order valence-corrected chi connectivity index (χ3v) is 4.20. The topological polar surface area (TPSA) is 51.1 Å². The lowest BCUT2D eigenvalue weighted by molar-refractivity contribution is 0.213. The van der Waals surface area contributed by atoms with Crippen LogP contribution < -0.4 is 9.64 Å². The van der Waals surface area contributed by atoms with Gasteiger partial charge in [0.05, 0.1) is 17.3 Å². The van der Waals surface area contributed by atoms with Crippen LogP contribution in [0.15, 0.2) is 24.7 Å². The maximum atomic E-state index is 13.9. The molecule has 3 rings (SSSR count). The van der Waals surface area contributed by atoms with E-state index >= 15 is 0 Å². The lowest BCUT2D eigenvalue weighted by atomic mass is 9.98. The Morgan fingerprint density at radius 3 is 2.70 bits per heavy atom. The molecule has 0 atom stereocenters. The minimum Gasteiger partial charge on any atom is -0.476 e. The summed E-state index contributed by atoms with van der Waals surface area (Å²) < 4.78 is 19.7. The normalized spacial score (nSPS) is 15.7. The smallest absolute Gasteiger partial charge is 0.235 e. The predicted molar refractivity (Wildman–Crippen MR) is 86.4 cm³/mol. The van der Waals surface area contributed by atoms with Crippen LogP contribution in [0, 0.1) is 18.7 Å². The van der Waals surface area contributed by atoms with Gasteiger partial charge in [0, 0.05) is 31.7 Å². The van der Waals surface area contributed by atoms with Crippen molar-refractivity contribution in [1.82, 2.24) is 15.0 Å². The molecule has 0 spiro atoms. The van der Waals surface area contributed by atoms with Gasteiger partial charge in [-0.25, -0.2) is 14.4 Å². The summed E-state index contributed by atoms with van der Waals surface area (Å²) in [7, 11) is 0. The van der Waals surface area contributed by atoms with Gasteiger partial charge in [0.15, 0.2) is 11.6 Å². The van der Waals surface area contributed by atoms with Crippen LogP contribution in [-0.2, 0) is 0 Å². The second-order valence-corrected chi connectivity index (χ2v) is 6.08. The quantitative estimate of drug-likeness (QED) is 0.857. The highest BCUT2D eigenvalue weighted by molar-refractivity contribution is 6.30. The molecule has 0 unspecified atom stereocenters. The summed E-state index contributed by atoms with van der Waals surface area (Å²) in [4.78, 5) is 14.4.